The molecule has 0 aromatic carbocycles. The van der Waals surface area contributed by atoms with Gasteiger partial charge in [-0.15, -0.1) is 0 Å². The maximum atomic E-state index is 11.6. The molecule has 0 bridgehead atoms. The predicted octanol–water partition coefficient (Wildman–Crippen LogP) is 2.88. The molecule has 0 atom stereocenters. The molecule has 0 spiro atoms. The number of pyridine rings is 1. The molecule has 0 amide bonds. The Hall–Kier alpha value is -0.890. The number of hydrogen-bond donors (Lipinski definition) is 0. The van der Waals surface area contributed by atoms with Crippen LogP contribution in [-0.2, 0) is 0 Å². The Morgan fingerprint density at radius 2 is 2.15 bits per heavy atom. The summed E-state index contributed by atoms with van der Waals surface area (Å²) in [6, 6.07) is 1.78. The Labute approximate surface area is 82.9 Å². The van der Waals surface area contributed by atoms with Crippen LogP contribution in [0.1, 0.15) is 29.8 Å². The molecule has 0 saturated heterocycles. The van der Waals surface area contributed by atoms with Crippen molar-refractivity contribution in [3.8, 4) is 0 Å². The summed E-state index contributed by atoms with van der Waals surface area (Å²) in [6.45, 7) is 5.59. The molecule has 70 valence electrons. The molecule has 0 fully saturated rings. The smallest absolute Gasteiger partial charge is 0.168 e. The third-order valence-electron chi connectivity index (χ3n) is 1.77. The van der Waals surface area contributed by atoms with Gasteiger partial charge in [0.05, 0.1) is 5.56 Å². The lowest BCUT2D eigenvalue weighted by atomic mass is 10.0. The average Bonchev–Trinajstić information content (AvgIpc) is 2.08. The van der Waals surface area contributed by atoms with Gasteiger partial charge in [0.25, 0.3) is 0 Å². The maximum absolute atomic E-state index is 11.6. The van der Waals surface area contributed by atoms with Gasteiger partial charge in [-0.2, -0.15) is 0 Å². The number of hydrogen-bond acceptors (Lipinski definition) is 2. The normalized spacial score (nSPS) is 10.5. The van der Waals surface area contributed by atoms with Crippen LogP contribution in [0.2, 0.25) is 5.15 Å². The molecule has 0 N–H and O–H groups in total. The maximum Gasteiger partial charge on any atom is 0.168 e. The van der Waals surface area contributed by atoms with Gasteiger partial charge in [0, 0.05) is 12.1 Å². The summed E-state index contributed by atoms with van der Waals surface area (Å²) in [5.74, 6) is 0.00213. The number of Topliss-reactive ketones (excluding diaryl/α,β-unsaturated/α-hetero) is 1. The summed E-state index contributed by atoms with van der Waals surface area (Å²) in [5.41, 5.74) is 1.48. The van der Waals surface area contributed by atoms with Gasteiger partial charge in [-0.05, 0) is 18.6 Å². The zero-order valence-electron chi connectivity index (χ0n) is 7.97. The fourth-order valence-electron chi connectivity index (χ4n) is 1.04. The molecule has 2 nitrogen and oxygen atoms in total. The van der Waals surface area contributed by atoms with Gasteiger partial charge in [-0.25, -0.2) is 4.98 Å². The topological polar surface area (TPSA) is 30.0 Å². The van der Waals surface area contributed by atoms with Crippen molar-refractivity contribution < 1.29 is 4.79 Å². The Morgan fingerprint density at radius 3 is 2.69 bits per heavy atom. The fraction of sp³-hybridized carbons (Fsp3) is 0.400. The van der Waals surface area contributed by atoms with Gasteiger partial charge in [-0.3, -0.25) is 4.79 Å². The quantitative estimate of drug-likeness (QED) is 0.539. The van der Waals surface area contributed by atoms with Crippen LogP contribution in [0.4, 0.5) is 0 Å². The summed E-state index contributed by atoms with van der Waals surface area (Å²) < 4.78 is 0. The lowest BCUT2D eigenvalue weighted by Crippen LogP contribution is -2.09. The minimum atomic E-state index is -0.0406. The molecule has 1 rings (SSSR count). The number of aromatic nitrogens is 1. The summed E-state index contributed by atoms with van der Waals surface area (Å²) in [7, 11) is 0. The summed E-state index contributed by atoms with van der Waals surface area (Å²) in [6.07, 6.45) is 1.65. The van der Waals surface area contributed by atoms with E-state index < -0.39 is 0 Å². The molecule has 0 unspecified atom stereocenters. The van der Waals surface area contributed by atoms with Crippen LogP contribution in [0.5, 0.6) is 0 Å². The second-order valence-electron chi connectivity index (χ2n) is 3.37. The molecule has 0 aliphatic heterocycles. The van der Waals surface area contributed by atoms with Gasteiger partial charge >= 0.3 is 0 Å². The minimum absolute atomic E-state index is 0.0406. The molecule has 1 aromatic rings. The van der Waals surface area contributed by atoms with Gasteiger partial charge < -0.3 is 0 Å². The van der Waals surface area contributed by atoms with Crippen LogP contribution in [0.25, 0.3) is 0 Å². The highest BCUT2D eigenvalue weighted by Crippen LogP contribution is 2.17. The third kappa shape index (κ3) is 2.28. The van der Waals surface area contributed by atoms with E-state index in [1.807, 2.05) is 20.8 Å². The van der Waals surface area contributed by atoms with E-state index in [0.29, 0.717) is 10.7 Å². The van der Waals surface area contributed by atoms with Gasteiger partial charge in [0.15, 0.2) is 5.78 Å². The lowest BCUT2D eigenvalue weighted by Gasteiger charge is -2.05. The molecule has 13 heavy (non-hydrogen) atoms. The fourth-order valence-corrected chi connectivity index (χ4v) is 1.23. The van der Waals surface area contributed by atoms with E-state index in [1.54, 1.807) is 12.3 Å². The second kappa shape index (κ2) is 3.88. The lowest BCUT2D eigenvalue weighted by molar-refractivity contribution is 0.0939. The van der Waals surface area contributed by atoms with E-state index in [2.05, 4.69) is 4.98 Å². The summed E-state index contributed by atoms with van der Waals surface area (Å²) in [5, 5.41) is 0.296. The number of nitrogens with zero attached hydrogens (tertiary/aromatic N) is 1. The monoisotopic (exact) mass is 197 g/mol. The summed E-state index contributed by atoms with van der Waals surface area (Å²) >= 11 is 5.80. The Morgan fingerprint density at radius 1 is 1.54 bits per heavy atom. The molecule has 3 heteroatoms. The first-order chi connectivity index (χ1) is 6.02. The van der Waals surface area contributed by atoms with Crippen molar-refractivity contribution in [3.05, 3.63) is 28.5 Å². The first-order valence-corrected chi connectivity index (χ1v) is 4.56. The van der Waals surface area contributed by atoms with E-state index in [1.165, 1.54) is 0 Å². The molecule has 0 aliphatic rings. The van der Waals surface area contributed by atoms with Crippen LogP contribution in [0, 0.1) is 12.8 Å². The van der Waals surface area contributed by atoms with Crippen LogP contribution in [0.3, 0.4) is 0 Å². The zero-order chi connectivity index (χ0) is 10.0. The van der Waals surface area contributed by atoms with Crippen molar-refractivity contribution in [2.45, 2.75) is 20.8 Å². The Balaban J connectivity index is 3.13. The molecule has 1 aromatic heterocycles. The number of halogens is 1. The largest absolute Gasteiger partial charge is 0.294 e. The SMILES string of the molecule is Cc1cnc(Cl)c(C(=O)C(C)C)c1. The van der Waals surface area contributed by atoms with Crippen molar-refractivity contribution in [1.82, 2.24) is 4.98 Å². The number of carbonyl (C=O) groups is 1. The van der Waals surface area contributed by atoms with Crippen molar-refractivity contribution in [2.24, 2.45) is 5.92 Å². The zero-order valence-corrected chi connectivity index (χ0v) is 8.72. The van der Waals surface area contributed by atoms with Gasteiger partial charge in [0.2, 0.25) is 0 Å². The molecular formula is C10H12ClNO. The van der Waals surface area contributed by atoms with Gasteiger partial charge in [-0.1, -0.05) is 25.4 Å². The van der Waals surface area contributed by atoms with Crippen molar-refractivity contribution >= 4 is 17.4 Å². The number of aryl methyl sites for hydroxylation is 1. The van der Waals surface area contributed by atoms with Crippen LogP contribution in [-0.4, -0.2) is 10.8 Å². The number of ketones is 1. The number of rotatable bonds is 2. The standard InChI is InChI=1S/C10H12ClNO/c1-6(2)9(13)8-4-7(3)5-12-10(8)11/h4-6H,1-3H3. The third-order valence-corrected chi connectivity index (χ3v) is 2.07. The van der Waals surface area contributed by atoms with E-state index in [9.17, 15) is 4.79 Å². The highest BCUT2D eigenvalue weighted by molar-refractivity contribution is 6.32. The highest BCUT2D eigenvalue weighted by Gasteiger charge is 2.14. The van der Waals surface area contributed by atoms with Crippen LogP contribution < -0.4 is 0 Å². The predicted molar refractivity (Wildman–Crippen MR) is 53.2 cm³/mol. The summed E-state index contributed by atoms with van der Waals surface area (Å²) in [4.78, 5) is 15.5. The van der Waals surface area contributed by atoms with E-state index in [4.69, 9.17) is 11.6 Å². The molecule has 1 heterocycles. The molecule has 0 radical (unpaired) electrons. The van der Waals surface area contributed by atoms with Gasteiger partial charge in [0.1, 0.15) is 5.15 Å². The van der Waals surface area contributed by atoms with E-state index in [-0.39, 0.29) is 11.7 Å². The first kappa shape index (κ1) is 10.2. The van der Waals surface area contributed by atoms with E-state index >= 15 is 0 Å². The van der Waals surface area contributed by atoms with Crippen LogP contribution in [0.15, 0.2) is 12.3 Å². The Bertz CT molecular complexity index is 334. The van der Waals surface area contributed by atoms with Crippen molar-refractivity contribution in [1.29, 1.82) is 0 Å². The van der Waals surface area contributed by atoms with E-state index in [0.717, 1.165) is 5.56 Å². The molecule has 0 aliphatic carbocycles. The first-order valence-electron chi connectivity index (χ1n) is 4.18. The van der Waals surface area contributed by atoms with Crippen molar-refractivity contribution in [2.75, 3.05) is 0 Å². The Kier molecular flexibility index (Phi) is 3.04. The average molecular weight is 198 g/mol. The molecular weight excluding hydrogens is 186 g/mol. The number of carbonyl (C=O) groups excluding carboxylic acids is 1. The highest BCUT2D eigenvalue weighted by atomic mass is 35.5. The second-order valence-corrected chi connectivity index (χ2v) is 3.73. The van der Waals surface area contributed by atoms with Crippen molar-refractivity contribution in [3.63, 3.8) is 0 Å². The van der Waals surface area contributed by atoms with Crippen LogP contribution >= 0.6 is 11.6 Å². The minimum Gasteiger partial charge on any atom is -0.294 e. The molecule has 0 saturated carbocycles.